The minimum Gasteiger partial charge on any atom is -0.421 e. The van der Waals surface area contributed by atoms with Gasteiger partial charge in [0.2, 0.25) is 11.8 Å². The van der Waals surface area contributed by atoms with Crippen LogP contribution in [0.25, 0.3) is 22.4 Å². The van der Waals surface area contributed by atoms with E-state index in [1.165, 1.54) is 0 Å². The summed E-state index contributed by atoms with van der Waals surface area (Å²) in [5.41, 5.74) is 1.77. The van der Waals surface area contributed by atoms with Crippen LogP contribution in [0.2, 0.25) is 0 Å². The molecule has 0 amide bonds. The zero-order valence-corrected chi connectivity index (χ0v) is 11.3. The van der Waals surface area contributed by atoms with Crippen molar-refractivity contribution in [3.05, 3.63) is 42.4 Å². The molecule has 0 unspecified atom stereocenters. The van der Waals surface area contributed by atoms with Crippen molar-refractivity contribution in [2.75, 3.05) is 13.6 Å². The first-order valence-corrected chi connectivity index (χ1v) is 6.69. The van der Waals surface area contributed by atoms with Crippen LogP contribution < -0.4 is 5.32 Å². The molecule has 3 rings (SSSR count). The van der Waals surface area contributed by atoms with Gasteiger partial charge >= 0.3 is 0 Å². The molecule has 0 saturated heterocycles. The Morgan fingerprint density at radius 1 is 1.15 bits per heavy atom. The summed E-state index contributed by atoms with van der Waals surface area (Å²) in [6.45, 7) is 0.938. The lowest BCUT2D eigenvalue weighted by Gasteiger charge is -2.00. The van der Waals surface area contributed by atoms with Crippen LogP contribution in [0, 0.1) is 0 Å². The van der Waals surface area contributed by atoms with Gasteiger partial charge in [0, 0.05) is 18.0 Å². The second-order valence-corrected chi connectivity index (χ2v) is 4.59. The molecule has 0 spiro atoms. The standard InChI is InChI=1S/C15H16N4O/c1-16-9-4-8-13-18-19-15(20-13)12-7-2-5-11-6-3-10-17-14(11)12/h2-3,5-7,10,16H,4,8-9H2,1H3. The van der Waals surface area contributed by atoms with Crippen LogP contribution in [0.15, 0.2) is 40.9 Å². The van der Waals surface area contributed by atoms with Crippen molar-refractivity contribution in [1.29, 1.82) is 0 Å². The molecule has 1 aromatic carbocycles. The number of aryl methyl sites for hydroxylation is 1. The molecule has 0 saturated carbocycles. The van der Waals surface area contributed by atoms with E-state index in [0.29, 0.717) is 11.8 Å². The second-order valence-electron chi connectivity index (χ2n) is 4.59. The lowest BCUT2D eigenvalue weighted by molar-refractivity contribution is 0.495. The van der Waals surface area contributed by atoms with Crippen LogP contribution in [0.5, 0.6) is 0 Å². The molecule has 0 atom stereocenters. The molecule has 2 aromatic heterocycles. The fourth-order valence-corrected chi connectivity index (χ4v) is 2.16. The molecule has 0 aliphatic carbocycles. The molecule has 102 valence electrons. The molecule has 20 heavy (non-hydrogen) atoms. The van der Waals surface area contributed by atoms with Crippen LogP contribution >= 0.6 is 0 Å². The van der Waals surface area contributed by atoms with E-state index in [1.54, 1.807) is 6.20 Å². The highest BCUT2D eigenvalue weighted by Gasteiger charge is 2.11. The van der Waals surface area contributed by atoms with Gasteiger partial charge in [-0.25, -0.2) is 0 Å². The van der Waals surface area contributed by atoms with Crippen molar-refractivity contribution in [3.63, 3.8) is 0 Å². The molecule has 0 radical (unpaired) electrons. The van der Waals surface area contributed by atoms with Crippen molar-refractivity contribution in [2.45, 2.75) is 12.8 Å². The molecular formula is C15H16N4O. The summed E-state index contributed by atoms with van der Waals surface area (Å²) >= 11 is 0. The number of para-hydroxylation sites is 1. The van der Waals surface area contributed by atoms with Crippen molar-refractivity contribution in [3.8, 4) is 11.5 Å². The molecule has 3 aromatic rings. The Morgan fingerprint density at radius 3 is 2.95 bits per heavy atom. The molecular weight excluding hydrogens is 252 g/mol. The number of nitrogens with one attached hydrogen (secondary N) is 1. The van der Waals surface area contributed by atoms with Crippen molar-refractivity contribution >= 4 is 10.9 Å². The van der Waals surface area contributed by atoms with Gasteiger partial charge in [0.25, 0.3) is 0 Å². The number of rotatable bonds is 5. The van der Waals surface area contributed by atoms with Gasteiger partial charge in [0.05, 0.1) is 11.1 Å². The Balaban J connectivity index is 1.91. The van der Waals surface area contributed by atoms with Crippen LogP contribution in [0.4, 0.5) is 0 Å². The highest BCUT2D eigenvalue weighted by Crippen LogP contribution is 2.25. The molecule has 0 aliphatic heterocycles. The highest BCUT2D eigenvalue weighted by atomic mass is 16.4. The van der Waals surface area contributed by atoms with Crippen LogP contribution in [-0.4, -0.2) is 28.8 Å². The van der Waals surface area contributed by atoms with E-state index in [-0.39, 0.29) is 0 Å². The van der Waals surface area contributed by atoms with E-state index in [0.717, 1.165) is 35.9 Å². The van der Waals surface area contributed by atoms with E-state index >= 15 is 0 Å². The first kappa shape index (κ1) is 12.7. The third kappa shape index (κ3) is 2.53. The van der Waals surface area contributed by atoms with Crippen molar-refractivity contribution in [1.82, 2.24) is 20.5 Å². The van der Waals surface area contributed by atoms with E-state index in [9.17, 15) is 0 Å². The van der Waals surface area contributed by atoms with Crippen LogP contribution in [0.1, 0.15) is 12.3 Å². The average Bonchev–Trinajstić information content (AvgIpc) is 2.96. The quantitative estimate of drug-likeness (QED) is 0.720. The van der Waals surface area contributed by atoms with Crippen LogP contribution in [0.3, 0.4) is 0 Å². The summed E-state index contributed by atoms with van der Waals surface area (Å²) in [6, 6.07) is 9.90. The number of hydrogen-bond donors (Lipinski definition) is 1. The monoisotopic (exact) mass is 268 g/mol. The SMILES string of the molecule is CNCCCc1nnc(-c2cccc3cccnc23)o1. The average molecular weight is 268 g/mol. The van der Waals surface area contributed by atoms with Crippen molar-refractivity contribution < 1.29 is 4.42 Å². The molecule has 0 fully saturated rings. The fourth-order valence-electron chi connectivity index (χ4n) is 2.16. The maximum absolute atomic E-state index is 5.73. The van der Waals surface area contributed by atoms with Gasteiger partial charge < -0.3 is 9.73 Å². The third-order valence-electron chi connectivity index (χ3n) is 3.15. The normalized spacial score (nSPS) is 11.1. The number of fused-ring (bicyclic) bond motifs is 1. The largest absolute Gasteiger partial charge is 0.421 e. The first-order valence-electron chi connectivity index (χ1n) is 6.69. The zero-order chi connectivity index (χ0) is 13.8. The summed E-state index contributed by atoms with van der Waals surface area (Å²) in [5, 5.41) is 12.4. The molecule has 5 nitrogen and oxygen atoms in total. The second kappa shape index (κ2) is 5.79. The van der Waals surface area contributed by atoms with E-state index in [2.05, 4.69) is 20.5 Å². The summed E-state index contributed by atoms with van der Waals surface area (Å²) in [6.07, 6.45) is 3.54. The summed E-state index contributed by atoms with van der Waals surface area (Å²) in [5.74, 6) is 1.21. The Hall–Kier alpha value is -2.27. The number of pyridine rings is 1. The molecule has 5 heteroatoms. The lowest BCUT2D eigenvalue weighted by atomic mass is 10.1. The van der Waals surface area contributed by atoms with Gasteiger partial charge in [0.15, 0.2) is 0 Å². The maximum Gasteiger partial charge on any atom is 0.249 e. The highest BCUT2D eigenvalue weighted by molar-refractivity contribution is 5.91. The van der Waals surface area contributed by atoms with Gasteiger partial charge in [-0.2, -0.15) is 0 Å². The van der Waals surface area contributed by atoms with E-state index in [4.69, 9.17) is 4.42 Å². The van der Waals surface area contributed by atoms with E-state index in [1.807, 2.05) is 37.4 Å². The fraction of sp³-hybridized carbons (Fsp3) is 0.267. The molecule has 0 aliphatic rings. The van der Waals surface area contributed by atoms with Crippen LogP contribution in [-0.2, 0) is 6.42 Å². The Kier molecular flexibility index (Phi) is 3.69. The summed E-state index contributed by atoms with van der Waals surface area (Å²) in [7, 11) is 1.93. The number of benzene rings is 1. The lowest BCUT2D eigenvalue weighted by Crippen LogP contribution is -2.08. The number of aromatic nitrogens is 3. The topological polar surface area (TPSA) is 63.8 Å². The predicted octanol–water partition coefficient (Wildman–Crippen LogP) is 2.44. The Labute approximate surface area is 117 Å². The Bertz CT molecular complexity index is 702. The van der Waals surface area contributed by atoms with Gasteiger partial charge in [-0.3, -0.25) is 4.98 Å². The minimum atomic E-state index is 0.536. The summed E-state index contributed by atoms with van der Waals surface area (Å²) in [4.78, 5) is 4.40. The number of nitrogens with zero attached hydrogens (tertiary/aromatic N) is 3. The smallest absolute Gasteiger partial charge is 0.249 e. The molecule has 2 heterocycles. The van der Waals surface area contributed by atoms with Crippen molar-refractivity contribution in [2.24, 2.45) is 0 Å². The van der Waals surface area contributed by atoms with E-state index < -0.39 is 0 Å². The van der Waals surface area contributed by atoms with Gasteiger partial charge in [0.1, 0.15) is 0 Å². The van der Waals surface area contributed by atoms with Gasteiger partial charge in [-0.15, -0.1) is 10.2 Å². The zero-order valence-electron chi connectivity index (χ0n) is 11.3. The first-order chi connectivity index (χ1) is 9.88. The molecule has 1 N–H and O–H groups in total. The number of hydrogen-bond acceptors (Lipinski definition) is 5. The summed E-state index contributed by atoms with van der Waals surface area (Å²) < 4.78 is 5.73. The third-order valence-corrected chi connectivity index (χ3v) is 3.15. The minimum absolute atomic E-state index is 0.536. The van der Waals surface area contributed by atoms with Gasteiger partial charge in [-0.05, 0) is 32.1 Å². The Morgan fingerprint density at radius 2 is 2.05 bits per heavy atom. The molecule has 0 bridgehead atoms. The maximum atomic E-state index is 5.73. The predicted molar refractivity (Wildman–Crippen MR) is 77.3 cm³/mol. The van der Waals surface area contributed by atoms with Gasteiger partial charge in [-0.1, -0.05) is 18.2 Å².